The van der Waals surface area contributed by atoms with Gasteiger partial charge in [-0.3, -0.25) is 0 Å². The summed E-state index contributed by atoms with van der Waals surface area (Å²) in [6.07, 6.45) is -17.1. The van der Waals surface area contributed by atoms with Crippen molar-refractivity contribution >= 4 is 32.7 Å². The van der Waals surface area contributed by atoms with Crippen LogP contribution in [0.15, 0.2) is 30.6 Å². The standard InChI is InChI=1S/C28H30O18/c1-39-20-9(31)3-7-13-14-8(26(38)44-23(13)20)4-10(22(40-2)24(14)45-25(7)37)41-27-19(36)17(34)21(12(6-30)43-27)46-28-18(35)16(33)15(32)11(5-29)42-28/h3-4,11-12,15-19,21,27-36H,5-6H2,1-2H3/t11-,12-,15+,16+,17-,18-,19-,21-,27-,28+/m1/s1. The van der Waals surface area contributed by atoms with E-state index in [1.807, 2.05) is 0 Å². The van der Waals surface area contributed by atoms with Gasteiger partial charge in [-0.25, -0.2) is 9.59 Å². The Bertz CT molecular complexity index is 1850. The Balaban J connectivity index is 1.36. The van der Waals surface area contributed by atoms with Gasteiger partial charge >= 0.3 is 11.3 Å². The maximum Gasteiger partial charge on any atom is 0.344 e. The molecule has 0 radical (unpaired) electrons. The predicted octanol–water partition coefficient (Wildman–Crippen LogP) is -2.78. The maximum absolute atomic E-state index is 13.2. The molecule has 2 saturated heterocycles. The second-order valence-electron chi connectivity index (χ2n) is 10.7. The zero-order valence-electron chi connectivity index (χ0n) is 24.0. The number of benzene rings is 2. The van der Waals surface area contributed by atoms with Crippen LogP contribution in [0.4, 0.5) is 0 Å². The Morgan fingerprint density at radius 3 is 1.83 bits per heavy atom. The van der Waals surface area contributed by atoms with E-state index < -0.39 is 91.6 Å². The van der Waals surface area contributed by atoms with Crippen LogP contribution in [0.3, 0.4) is 0 Å². The Morgan fingerprint density at radius 1 is 0.696 bits per heavy atom. The summed E-state index contributed by atoms with van der Waals surface area (Å²) in [5.41, 5.74) is -2.41. The summed E-state index contributed by atoms with van der Waals surface area (Å²) >= 11 is 0. The highest BCUT2D eigenvalue weighted by Gasteiger charge is 2.51. The van der Waals surface area contributed by atoms with Gasteiger partial charge < -0.3 is 78.1 Å². The number of hydrogen-bond donors (Lipinski definition) is 8. The first kappa shape index (κ1) is 32.1. The van der Waals surface area contributed by atoms with Gasteiger partial charge in [0, 0.05) is 10.8 Å². The molecule has 4 aromatic rings. The Kier molecular flexibility index (Phi) is 8.44. The van der Waals surface area contributed by atoms with Gasteiger partial charge in [0.05, 0.1) is 38.2 Å². The average molecular weight is 655 g/mol. The van der Waals surface area contributed by atoms with Crippen LogP contribution >= 0.6 is 0 Å². The lowest BCUT2D eigenvalue weighted by molar-refractivity contribution is -0.352. The molecule has 8 N–H and O–H groups in total. The molecule has 2 aromatic heterocycles. The number of methoxy groups -OCH3 is 2. The summed E-state index contributed by atoms with van der Waals surface area (Å²) in [7, 11) is 2.42. The van der Waals surface area contributed by atoms with E-state index in [0.717, 1.165) is 12.1 Å². The first-order chi connectivity index (χ1) is 21.9. The molecule has 2 aliphatic heterocycles. The molecular formula is C28H30O18. The van der Waals surface area contributed by atoms with E-state index in [1.165, 1.54) is 14.2 Å². The molecule has 0 unspecified atom stereocenters. The van der Waals surface area contributed by atoms with Crippen molar-refractivity contribution in [1.82, 2.24) is 0 Å². The molecular weight excluding hydrogens is 624 g/mol. The lowest BCUT2D eigenvalue weighted by Gasteiger charge is -2.45. The highest BCUT2D eigenvalue weighted by Crippen LogP contribution is 2.46. The molecule has 10 atom stereocenters. The molecule has 0 saturated carbocycles. The molecule has 0 bridgehead atoms. The first-order valence-corrected chi connectivity index (χ1v) is 13.8. The summed E-state index contributed by atoms with van der Waals surface area (Å²) in [4.78, 5) is 26.1. The number of hydrogen-bond acceptors (Lipinski definition) is 18. The summed E-state index contributed by atoms with van der Waals surface area (Å²) in [6, 6.07) is 2.24. The fourth-order valence-electron chi connectivity index (χ4n) is 5.81. The van der Waals surface area contributed by atoms with E-state index in [2.05, 4.69) is 0 Å². The van der Waals surface area contributed by atoms with Gasteiger partial charge in [0.25, 0.3) is 0 Å². The molecule has 4 heterocycles. The summed E-state index contributed by atoms with van der Waals surface area (Å²) in [6.45, 7) is -1.59. The minimum Gasteiger partial charge on any atom is -0.504 e. The van der Waals surface area contributed by atoms with Crippen molar-refractivity contribution in [3.05, 3.63) is 33.0 Å². The van der Waals surface area contributed by atoms with E-state index >= 15 is 0 Å². The molecule has 0 aliphatic carbocycles. The lowest BCUT2D eigenvalue weighted by atomic mass is 9.97. The van der Waals surface area contributed by atoms with Crippen LogP contribution in [0.1, 0.15) is 0 Å². The van der Waals surface area contributed by atoms with Crippen molar-refractivity contribution in [2.24, 2.45) is 0 Å². The van der Waals surface area contributed by atoms with Crippen molar-refractivity contribution in [3.63, 3.8) is 0 Å². The molecule has 250 valence electrons. The minimum atomic E-state index is -1.94. The van der Waals surface area contributed by atoms with Crippen molar-refractivity contribution < 1.29 is 78.1 Å². The van der Waals surface area contributed by atoms with Crippen molar-refractivity contribution in [1.29, 1.82) is 0 Å². The van der Waals surface area contributed by atoms with Gasteiger partial charge in [-0.15, -0.1) is 0 Å². The largest absolute Gasteiger partial charge is 0.504 e. The fraction of sp³-hybridized carbons (Fsp3) is 0.500. The third-order valence-electron chi connectivity index (χ3n) is 8.11. The average Bonchev–Trinajstić information content (AvgIpc) is 3.03. The van der Waals surface area contributed by atoms with Crippen molar-refractivity contribution in [2.45, 2.75) is 61.4 Å². The molecule has 2 aliphatic rings. The fourth-order valence-corrected chi connectivity index (χ4v) is 5.81. The Labute approximate surface area is 256 Å². The number of aliphatic hydroxyl groups excluding tert-OH is 7. The van der Waals surface area contributed by atoms with Gasteiger partial charge in [0.1, 0.15) is 48.8 Å². The number of aromatic hydroxyl groups is 1. The molecule has 18 heteroatoms. The monoisotopic (exact) mass is 654 g/mol. The van der Waals surface area contributed by atoms with E-state index in [-0.39, 0.29) is 50.0 Å². The molecule has 46 heavy (non-hydrogen) atoms. The molecule has 6 rings (SSSR count). The topological polar surface area (TPSA) is 278 Å². The van der Waals surface area contributed by atoms with E-state index in [4.69, 9.17) is 37.3 Å². The number of aliphatic hydroxyl groups is 7. The summed E-state index contributed by atoms with van der Waals surface area (Å²) < 4.78 is 43.8. The van der Waals surface area contributed by atoms with Crippen LogP contribution in [0.2, 0.25) is 0 Å². The predicted molar refractivity (Wildman–Crippen MR) is 149 cm³/mol. The van der Waals surface area contributed by atoms with Crippen molar-refractivity contribution in [3.8, 4) is 23.0 Å². The lowest BCUT2D eigenvalue weighted by Crippen LogP contribution is -2.65. The quantitative estimate of drug-likeness (QED) is 0.0704. The number of ether oxygens (including phenoxy) is 6. The van der Waals surface area contributed by atoms with Crippen LogP contribution in [-0.2, 0) is 14.2 Å². The number of phenols is 1. The van der Waals surface area contributed by atoms with Crippen LogP contribution in [0.5, 0.6) is 23.0 Å². The molecule has 0 amide bonds. The Morgan fingerprint density at radius 2 is 1.24 bits per heavy atom. The van der Waals surface area contributed by atoms with Gasteiger partial charge in [-0.1, -0.05) is 0 Å². The highest BCUT2D eigenvalue weighted by molar-refractivity contribution is 6.22. The Hall–Kier alpha value is -3.82. The van der Waals surface area contributed by atoms with Gasteiger partial charge in [-0.2, -0.15) is 0 Å². The molecule has 0 spiro atoms. The van der Waals surface area contributed by atoms with Crippen LogP contribution in [0, 0.1) is 0 Å². The number of rotatable bonds is 8. The third-order valence-corrected chi connectivity index (χ3v) is 8.11. The van der Waals surface area contributed by atoms with Crippen molar-refractivity contribution in [2.75, 3.05) is 27.4 Å². The van der Waals surface area contributed by atoms with Gasteiger partial charge in [0.2, 0.25) is 17.8 Å². The van der Waals surface area contributed by atoms with E-state index in [1.54, 1.807) is 0 Å². The molecule has 2 fully saturated rings. The van der Waals surface area contributed by atoms with Crippen LogP contribution < -0.4 is 25.5 Å². The number of phenolic OH excluding ortho intramolecular Hbond substituents is 1. The second-order valence-corrected chi connectivity index (χ2v) is 10.7. The zero-order valence-corrected chi connectivity index (χ0v) is 24.0. The maximum atomic E-state index is 13.2. The SMILES string of the molecule is COc1c(O)cc2c(=O)oc3c(OC)c(O[C@@H]4O[C@H](CO)[C@@H](O[C@@H]5O[C@H](CO)[C@H](O)[C@H](O)[C@H]5O)[C@H](O)[C@H]4O)cc4c(=O)oc1c2c34. The summed E-state index contributed by atoms with van der Waals surface area (Å²) in [5.74, 6) is -1.24. The van der Waals surface area contributed by atoms with Crippen LogP contribution in [0.25, 0.3) is 32.7 Å². The highest BCUT2D eigenvalue weighted by atomic mass is 16.7. The second kappa shape index (κ2) is 12.1. The smallest absolute Gasteiger partial charge is 0.344 e. The van der Waals surface area contributed by atoms with Gasteiger partial charge in [-0.05, 0) is 12.1 Å². The summed E-state index contributed by atoms with van der Waals surface area (Å²) in [5, 5.41) is 82.0. The van der Waals surface area contributed by atoms with E-state index in [9.17, 15) is 50.4 Å². The first-order valence-electron chi connectivity index (χ1n) is 13.8. The van der Waals surface area contributed by atoms with Gasteiger partial charge in [0.15, 0.2) is 29.0 Å². The molecule has 18 nitrogen and oxygen atoms in total. The van der Waals surface area contributed by atoms with E-state index in [0.29, 0.717) is 0 Å². The molecule has 2 aromatic carbocycles. The normalized spacial score (nSPS) is 31.9. The zero-order chi connectivity index (χ0) is 33.2. The minimum absolute atomic E-state index is 0.0646. The third kappa shape index (κ3) is 4.90. The van der Waals surface area contributed by atoms with Crippen LogP contribution in [-0.4, -0.2) is 130 Å².